The van der Waals surface area contributed by atoms with Crippen LogP contribution in [0.15, 0.2) is 17.0 Å². The summed E-state index contributed by atoms with van der Waals surface area (Å²) in [5.74, 6) is -0.299. The Kier molecular flexibility index (Phi) is 4.48. The van der Waals surface area contributed by atoms with Gasteiger partial charge in [0.15, 0.2) is 11.0 Å². The average molecular weight is 256 g/mol. The molecule has 0 aliphatic carbocycles. The van der Waals surface area contributed by atoms with E-state index >= 15 is 0 Å². The fourth-order valence-electron chi connectivity index (χ4n) is 2.25. The molecule has 2 fully saturated rings. The topological polar surface area (TPSA) is 34.1 Å². The van der Waals surface area contributed by atoms with Gasteiger partial charge in [-0.15, -0.1) is 0 Å². The molecular weight excluding hydrogens is 236 g/mol. The van der Waals surface area contributed by atoms with Gasteiger partial charge in [-0.2, -0.15) is 0 Å². The van der Waals surface area contributed by atoms with E-state index in [1.54, 1.807) is 11.8 Å². The van der Waals surface area contributed by atoms with Crippen LogP contribution in [0.2, 0.25) is 0 Å². The summed E-state index contributed by atoms with van der Waals surface area (Å²) in [7, 11) is 0. The molecule has 5 heteroatoms. The van der Waals surface area contributed by atoms with Gasteiger partial charge >= 0.3 is 0 Å². The average Bonchev–Trinajstić information content (AvgIpc) is 2.79. The molecule has 0 unspecified atom stereocenters. The molecule has 2 saturated heterocycles. The third-order valence-corrected chi connectivity index (χ3v) is 3.86. The summed E-state index contributed by atoms with van der Waals surface area (Å²) in [5.41, 5.74) is 0. The summed E-state index contributed by atoms with van der Waals surface area (Å²) < 4.78 is 11.4. The number of aliphatic imine (C=N–C) groups is 1. The summed E-state index contributed by atoms with van der Waals surface area (Å²) in [6.07, 6.45) is 1.85. The monoisotopic (exact) mass is 256 g/mol. The fraction of sp³-hybridized carbons (Fsp3) is 0.750. The van der Waals surface area contributed by atoms with Gasteiger partial charge in [0.25, 0.3) is 0 Å². The molecule has 0 bridgehead atoms. The van der Waals surface area contributed by atoms with Crippen molar-refractivity contribution < 1.29 is 9.47 Å². The Bertz CT molecular complexity index is 291. The van der Waals surface area contributed by atoms with Crippen LogP contribution < -0.4 is 0 Å². The maximum Gasteiger partial charge on any atom is 0.171 e. The minimum Gasteiger partial charge on any atom is -0.351 e. The molecule has 0 aromatic heterocycles. The third kappa shape index (κ3) is 3.03. The van der Waals surface area contributed by atoms with E-state index in [0.29, 0.717) is 0 Å². The number of rotatable bonds is 2. The molecule has 1 spiro atoms. The molecule has 2 heterocycles. The molecule has 2 aliphatic rings. The van der Waals surface area contributed by atoms with Gasteiger partial charge in [0.1, 0.15) is 0 Å². The molecule has 0 saturated carbocycles. The minimum atomic E-state index is -0.299. The van der Waals surface area contributed by atoms with Gasteiger partial charge in [0, 0.05) is 32.5 Å². The van der Waals surface area contributed by atoms with Crippen molar-refractivity contribution in [1.82, 2.24) is 4.90 Å². The SMILES string of the molecule is C=CSC(=NCC)N1CCC2(CC1)OCCO2. The van der Waals surface area contributed by atoms with Crippen LogP contribution in [-0.4, -0.2) is 48.7 Å². The van der Waals surface area contributed by atoms with Crippen LogP contribution in [0.4, 0.5) is 0 Å². The second-order valence-corrected chi connectivity index (χ2v) is 5.07. The Hall–Kier alpha value is -0.520. The summed E-state index contributed by atoms with van der Waals surface area (Å²) in [4.78, 5) is 6.80. The first-order valence-corrected chi connectivity index (χ1v) is 7.02. The van der Waals surface area contributed by atoms with Crippen molar-refractivity contribution in [3.8, 4) is 0 Å². The lowest BCUT2D eigenvalue weighted by Crippen LogP contribution is -2.46. The van der Waals surface area contributed by atoms with E-state index in [1.165, 1.54) is 0 Å². The highest BCUT2D eigenvalue weighted by Gasteiger charge is 2.40. The molecule has 0 aromatic carbocycles. The zero-order valence-electron chi connectivity index (χ0n) is 10.4. The third-order valence-electron chi connectivity index (χ3n) is 3.09. The highest BCUT2D eigenvalue weighted by molar-refractivity contribution is 8.16. The largest absolute Gasteiger partial charge is 0.351 e. The number of likely N-dealkylation sites (tertiary alicyclic amines) is 1. The molecule has 0 radical (unpaired) electrons. The molecule has 0 N–H and O–H groups in total. The molecule has 0 atom stereocenters. The molecule has 96 valence electrons. The van der Waals surface area contributed by atoms with Crippen LogP contribution in [0.5, 0.6) is 0 Å². The molecule has 2 rings (SSSR count). The van der Waals surface area contributed by atoms with Crippen molar-refractivity contribution >= 4 is 16.9 Å². The number of piperidine rings is 1. The Balaban J connectivity index is 1.92. The van der Waals surface area contributed by atoms with E-state index in [2.05, 4.69) is 23.4 Å². The van der Waals surface area contributed by atoms with Crippen LogP contribution in [0, 0.1) is 0 Å². The van der Waals surface area contributed by atoms with E-state index < -0.39 is 0 Å². The smallest absolute Gasteiger partial charge is 0.171 e. The number of thioether (sulfide) groups is 1. The van der Waals surface area contributed by atoms with E-state index in [4.69, 9.17) is 9.47 Å². The second kappa shape index (κ2) is 5.89. The highest BCUT2D eigenvalue weighted by Crippen LogP contribution is 2.32. The Labute approximate surface area is 107 Å². The molecule has 4 nitrogen and oxygen atoms in total. The standard InChI is InChI=1S/C12H20N2O2S/c1-3-13-11(17-4-2)14-7-5-12(6-8-14)15-9-10-16-12/h4H,2-3,5-10H2,1H3. The molecule has 2 aliphatic heterocycles. The molecule has 0 aromatic rings. The van der Waals surface area contributed by atoms with Crippen LogP contribution in [0.25, 0.3) is 0 Å². The molecule has 17 heavy (non-hydrogen) atoms. The lowest BCUT2D eigenvalue weighted by molar-refractivity contribution is -0.180. The van der Waals surface area contributed by atoms with Crippen LogP contribution in [0.1, 0.15) is 19.8 Å². The second-order valence-electron chi connectivity index (χ2n) is 4.14. The Morgan fingerprint density at radius 3 is 2.59 bits per heavy atom. The lowest BCUT2D eigenvalue weighted by Gasteiger charge is -2.38. The molecular formula is C12H20N2O2S. The summed E-state index contributed by atoms with van der Waals surface area (Å²) in [6.45, 7) is 9.97. The Morgan fingerprint density at radius 2 is 2.06 bits per heavy atom. The first-order valence-electron chi connectivity index (χ1n) is 6.14. The Morgan fingerprint density at radius 1 is 1.41 bits per heavy atom. The zero-order chi connectivity index (χ0) is 12.1. The number of amidine groups is 1. The summed E-state index contributed by atoms with van der Waals surface area (Å²) in [5, 5.41) is 2.90. The van der Waals surface area contributed by atoms with Gasteiger partial charge < -0.3 is 14.4 Å². The van der Waals surface area contributed by atoms with Crippen LogP contribution >= 0.6 is 11.8 Å². The van der Waals surface area contributed by atoms with Crippen LogP contribution in [-0.2, 0) is 9.47 Å². The first-order chi connectivity index (χ1) is 8.29. The van der Waals surface area contributed by atoms with Gasteiger partial charge in [0.05, 0.1) is 13.2 Å². The zero-order valence-corrected chi connectivity index (χ0v) is 11.2. The van der Waals surface area contributed by atoms with E-state index in [1.807, 2.05) is 5.41 Å². The normalized spacial score (nSPS) is 24.3. The van der Waals surface area contributed by atoms with Crippen molar-refractivity contribution in [2.24, 2.45) is 4.99 Å². The first kappa shape index (κ1) is 12.9. The van der Waals surface area contributed by atoms with Gasteiger partial charge in [-0.3, -0.25) is 4.99 Å². The van der Waals surface area contributed by atoms with Crippen molar-refractivity contribution in [2.45, 2.75) is 25.6 Å². The van der Waals surface area contributed by atoms with Crippen molar-refractivity contribution in [1.29, 1.82) is 0 Å². The van der Waals surface area contributed by atoms with E-state index in [-0.39, 0.29) is 5.79 Å². The van der Waals surface area contributed by atoms with Gasteiger partial charge in [0.2, 0.25) is 0 Å². The molecule has 0 amide bonds. The quantitative estimate of drug-likeness (QED) is 0.559. The summed E-state index contributed by atoms with van der Waals surface area (Å²) in [6, 6.07) is 0. The van der Waals surface area contributed by atoms with E-state index in [9.17, 15) is 0 Å². The number of hydrogen-bond donors (Lipinski definition) is 0. The van der Waals surface area contributed by atoms with Crippen molar-refractivity contribution in [2.75, 3.05) is 32.8 Å². The number of ether oxygens (including phenoxy) is 2. The van der Waals surface area contributed by atoms with Crippen molar-refractivity contribution in [3.05, 3.63) is 12.0 Å². The predicted octanol–water partition coefficient (Wildman–Crippen LogP) is 2.08. The number of hydrogen-bond acceptors (Lipinski definition) is 4. The van der Waals surface area contributed by atoms with Crippen molar-refractivity contribution in [3.63, 3.8) is 0 Å². The van der Waals surface area contributed by atoms with Gasteiger partial charge in [-0.1, -0.05) is 18.3 Å². The maximum absolute atomic E-state index is 5.71. The predicted molar refractivity (Wildman–Crippen MR) is 71.2 cm³/mol. The summed E-state index contributed by atoms with van der Waals surface area (Å²) >= 11 is 1.60. The minimum absolute atomic E-state index is 0.299. The van der Waals surface area contributed by atoms with E-state index in [0.717, 1.165) is 50.9 Å². The number of nitrogens with zero attached hydrogens (tertiary/aromatic N) is 2. The fourth-order valence-corrected chi connectivity index (χ4v) is 2.93. The van der Waals surface area contributed by atoms with Crippen LogP contribution in [0.3, 0.4) is 0 Å². The lowest BCUT2D eigenvalue weighted by atomic mass is 10.0. The van der Waals surface area contributed by atoms with Gasteiger partial charge in [-0.05, 0) is 12.3 Å². The maximum atomic E-state index is 5.71. The highest BCUT2D eigenvalue weighted by atomic mass is 32.2. The van der Waals surface area contributed by atoms with Gasteiger partial charge in [-0.25, -0.2) is 0 Å².